The molecule has 0 saturated carbocycles. The van der Waals surface area contributed by atoms with Gasteiger partial charge in [0.1, 0.15) is 0 Å². The maximum atomic E-state index is 13.6. The zero-order chi connectivity index (χ0) is 15.6. The van der Waals surface area contributed by atoms with Gasteiger partial charge >= 0.3 is 5.69 Å². The summed E-state index contributed by atoms with van der Waals surface area (Å²) in [6.45, 7) is -0.391. The molecule has 0 atom stereocenters. The van der Waals surface area contributed by atoms with Crippen molar-refractivity contribution in [3.8, 4) is 11.5 Å². The molecule has 0 aromatic heterocycles. The van der Waals surface area contributed by atoms with Crippen LogP contribution < -0.4 is 4.74 Å². The van der Waals surface area contributed by atoms with Gasteiger partial charge < -0.3 is 9.84 Å². The number of benzene rings is 2. The predicted octanol–water partition coefficient (Wildman–Crippen LogP) is 3.30. The van der Waals surface area contributed by atoms with E-state index in [0.717, 1.165) is 12.1 Å². The predicted molar refractivity (Wildman–Crippen MR) is 65.4 cm³/mol. The summed E-state index contributed by atoms with van der Waals surface area (Å²) in [4.78, 5) is 9.36. The summed E-state index contributed by atoms with van der Waals surface area (Å²) in [5.41, 5.74) is -0.772. The monoisotopic (exact) mass is 299 g/mol. The van der Waals surface area contributed by atoms with Crippen molar-refractivity contribution in [1.29, 1.82) is 0 Å². The second kappa shape index (κ2) is 5.80. The number of hydrogen-bond acceptors (Lipinski definition) is 4. The van der Waals surface area contributed by atoms with Crippen molar-refractivity contribution in [3.05, 3.63) is 63.5 Å². The average Bonchev–Trinajstić information content (AvgIpc) is 2.44. The summed E-state index contributed by atoms with van der Waals surface area (Å²) < 4.78 is 45.4. The van der Waals surface area contributed by atoms with Crippen LogP contribution in [0.1, 0.15) is 5.56 Å². The molecule has 0 bridgehead atoms. The first-order valence-corrected chi connectivity index (χ1v) is 5.63. The number of nitrogens with zero attached hydrogens (tertiary/aromatic N) is 1. The number of aliphatic hydroxyl groups excluding tert-OH is 1. The van der Waals surface area contributed by atoms with Crippen LogP contribution in [0.5, 0.6) is 11.5 Å². The summed E-state index contributed by atoms with van der Waals surface area (Å²) in [5, 5.41) is 19.3. The molecule has 2 aromatic rings. The smallest absolute Gasteiger partial charge is 0.307 e. The molecule has 0 amide bonds. The maximum absolute atomic E-state index is 13.6. The van der Waals surface area contributed by atoms with E-state index in [1.54, 1.807) is 0 Å². The number of rotatable bonds is 4. The fourth-order valence-corrected chi connectivity index (χ4v) is 1.58. The maximum Gasteiger partial charge on any atom is 0.307 e. The average molecular weight is 299 g/mol. The highest BCUT2D eigenvalue weighted by Gasteiger charge is 2.20. The van der Waals surface area contributed by atoms with Crippen molar-refractivity contribution in [3.63, 3.8) is 0 Å². The Kier molecular flexibility index (Phi) is 4.08. The Morgan fingerprint density at radius 1 is 1.05 bits per heavy atom. The van der Waals surface area contributed by atoms with Gasteiger partial charge in [-0.25, -0.2) is 8.78 Å². The second-order valence-corrected chi connectivity index (χ2v) is 4.02. The molecule has 2 aromatic carbocycles. The minimum Gasteiger partial charge on any atom is -0.451 e. The first kappa shape index (κ1) is 14.8. The molecule has 0 heterocycles. The van der Waals surface area contributed by atoms with Gasteiger partial charge in [0, 0.05) is 6.07 Å². The Balaban J connectivity index is 2.36. The van der Waals surface area contributed by atoms with E-state index in [4.69, 9.17) is 9.84 Å². The van der Waals surface area contributed by atoms with E-state index in [2.05, 4.69) is 0 Å². The highest BCUT2D eigenvalue weighted by Crippen LogP contribution is 2.31. The molecule has 5 nitrogen and oxygen atoms in total. The zero-order valence-electron chi connectivity index (χ0n) is 10.3. The van der Waals surface area contributed by atoms with Crippen molar-refractivity contribution in [1.82, 2.24) is 0 Å². The van der Waals surface area contributed by atoms with Crippen LogP contribution in [-0.4, -0.2) is 10.0 Å². The van der Waals surface area contributed by atoms with Crippen molar-refractivity contribution in [2.75, 3.05) is 0 Å². The number of aliphatic hydroxyl groups is 1. The normalized spacial score (nSPS) is 10.5. The van der Waals surface area contributed by atoms with Gasteiger partial charge in [0.15, 0.2) is 23.1 Å². The third kappa shape index (κ3) is 3.11. The van der Waals surface area contributed by atoms with Crippen LogP contribution in [0, 0.1) is 27.6 Å². The lowest BCUT2D eigenvalue weighted by molar-refractivity contribution is -0.387. The fourth-order valence-electron chi connectivity index (χ4n) is 1.58. The molecule has 0 spiro atoms. The molecule has 0 fully saturated rings. The summed E-state index contributed by atoms with van der Waals surface area (Å²) in [6.07, 6.45) is 0. The largest absolute Gasteiger partial charge is 0.451 e. The Hall–Kier alpha value is -2.61. The van der Waals surface area contributed by atoms with E-state index in [1.165, 1.54) is 6.07 Å². The van der Waals surface area contributed by atoms with Gasteiger partial charge in [0.05, 0.1) is 17.6 Å². The van der Waals surface area contributed by atoms with Gasteiger partial charge in [-0.15, -0.1) is 0 Å². The summed E-state index contributed by atoms with van der Waals surface area (Å²) >= 11 is 0. The molecule has 0 aliphatic carbocycles. The first-order chi connectivity index (χ1) is 9.92. The number of ether oxygens (including phenoxy) is 1. The first-order valence-electron chi connectivity index (χ1n) is 5.63. The van der Waals surface area contributed by atoms with Crippen LogP contribution in [0.2, 0.25) is 0 Å². The van der Waals surface area contributed by atoms with Crippen LogP contribution in [-0.2, 0) is 6.61 Å². The van der Waals surface area contributed by atoms with Crippen LogP contribution in [0.3, 0.4) is 0 Å². The highest BCUT2D eigenvalue weighted by molar-refractivity contribution is 5.42. The molecular formula is C13H8F3NO4. The molecule has 0 saturated heterocycles. The van der Waals surface area contributed by atoms with E-state index in [-0.39, 0.29) is 5.56 Å². The Morgan fingerprint density at radius 3 is 2.29 bits per heavy atom. The van der Waals surface area contributed by atoms with Gasteiger partial charge in [0.2, 0.25) is 5.82 Å². The second-order valence-electron chi connectivity index (χ2n) is 4.02. The molecule has 21 heavy (non-hydrogen) atoms. The third-order valence-corrected chi connectivity index (χ3v) is 2.60. The lowest BCUT2D eigenvalue weighted by Crippen LogP contribution is -1.98. The highest BCUT2D eigenvalue weighted by atomic mass is 19.1. The zero-order valence-corrected chi connectivity index (χ0v) is 10.3. The van der Waals surface area contributed by atoms with E-state index in [0.29, 0.717) is 12.1 Å². The van der Waals surface area contributed by atoms with E-state index >= 15 is 0 Å². The topological polar surface area (TPSA) is 72.6 Å². The molecular weight excluding hydrogens is 291 g/mol. The standard InChI is InChI=1S/C13H8F3NO4/c14-8-5-13(10(16)4-11(8)17(19)20)21-12-2-1-7(6-18)3-9(12)15/h1-5,18H,6H2. The molecule has 0 radical (unpaired) electrons. The Bertz CT molecular complexity index is 706. The minimum atomic E-state index is -1.30. The molecule has 8 heteroatoms. The number of nitro benzene ring substituents is 1. The van der Waals surface area contributed by atoms with Crippen molar-refractivity contribution in [2.45, 2.75) is 6.61 Å². The van der Waals surface area contributed by atoms with Gasteiger partial charge in [0.25, 0.3) is 0 Å². The van der Waals surface area contributed by atoms with Gasteiger partial charge in [-0.05, 0) is 17.7 Å². The number of halogens is 3. The van der Waals surface area contributed by atoms with Crippen LogP contribution in [0.15, 0.2) is 30.3 Å². The summed E-state index contributed by atoms with van der Waals surface area (Å²) in [7, 11) is 0. The van der Waals surface area contributed by atoms with Crippen LogP contribution in [0.4, 0.5) is 18.9 Å². The van der Waals surface area contributed by atoms with Crippen LogP contribution in [0.25, 0.3) is 0 Å². The molecule has 0 aliphatic rings. The third-order valence-electron chi connectivity index (χ3n) is 2.60. The molecule has 110 valence electrons. The van der Waals surface area contributed by atoms with Gasteiger partial charge in [-0.3, -0.25) is 10.1 Å². The molecule has 0 unspecified atom stereocenters. The summed E-state index contributed by atoms with van der Waals surface area (Å²) in [5.74, 6) is -4.48. The number of nitro groups is 1. The summed E-state index contributed by atoms with van der Waals surface area (Å²) in [6, 6.07) is 4.24. The minimum absolute atomic E-state index is 0.273. The van der Waals surface area contributed by atoms with E-state index in [9.17, 15) is 23.3 Å². The van der Waals surface area contributed by atoms with Crippen molar-refractivity contribution < 1.29 is 27.9 Å². The lowest BCUT2D eigenvalue weighted by atomic mass is 10.2. The lowest BCUT2D eigenvalue weighted by Gasteiger charge is -2.09. The quantitative estimate of drug-likeness (QED) is 0.694. The van der Waals surface area contributed by atoms with E-state index in [1.807, 2.05) is 0 Å². The SMILES string of the molecule is O=[N+]([O-])c1cc(F)c(Oc2ccc(CO)cc2F)cc1F. The van der Waals surface area contributed by atoms with Crippen molar-refractivity contribution in [2.24, 2.45) is 0 Å². The Labute approximate surface area is 116 Å². The molecule has 1 N–H and O–H groups in total. The number of hydrogen-bond donors (Lipinski definition) is 1. The van der Waals surface area contributed by atoms with E-state index < -0.39 is 46.2 Å². The van der Waals surface area contributed by atoms with Gasteiger partial charge in [-0.1, -0.05) is 6.07 Å². The van der Waals surface area contributed by atoms with Crippen LogP contribution >= 0.6 is 0 Å². The van der Waals surface area contributed by atoms with Crippen molar-refractivity contribution >= 4 is 5.69 Å². The Morgan fingerprint density at radius 2 is 1.71 bits per heavy atom. The van der Waals surface area contributed by atoms with Gasteiger partial charge in [-0.2, -0.15) is 4.39 Å². The molecule has 0 aliphatic heterocycles. The fraction of sp³-hybridized carbons (Fsp3) is 0.0769. The molecule has 2 rings (SSSR count).